The van der Waals surface area contributed by atoms with Crippen LogP contribution in [0.25, 0.3) is 10.9 Å². The van der Waals surface area contributed by atoms with Crippen molar-refractivity contribution in [1.29, 1.82) is 0 Å². The van der Waals surface area contributed by atoms with Crippen molar-refractivity contribution < 1.29 is 22.7 Å². The average Bonchev–Trinajstić information content (AvgIpc) is 3.28. The highest BCUT2D eigenvalue weighted by molar-refractivity contribution is 7.91. The van der Waals surface area contributed by atoms with Crippen molar-refractivity contribution in [1.82, 2.24) is 9.88 Å². The van der Waals surface area contributed by atoms with Crippen LogP contribution in [-0.4, -0.2) is 60.9 Å². The number of amides is 1. The van der Waals surface area contributed by atoms with E-state index in [1.807, 2.05) is 37.4 Å². The van der Waals surface area contributed by atoms with Crippen LogP contribution in [0.15, 0.2) is 30.5 Å². The maximum Gasteiger partial charge on any atom is 0.306 e. The van der Waals surface area contributed by atoms with Crippen molar-refractivity contribution in [2.45, 2.75) is 45.1 Å². The molecule has 7 nitrogen and oxygen atoms in total. The largest absolute Gasteiger partial charge is 0.456 e. The fourth-order valence-corrected chi connectivity index (χ4v) is 5.46. The van der Waals surface area contributed by atoms with Crippen molar-refractivity contribution >= 4 is 32.6 Å². The van der Waals surface area contributed by atoms with Crippen LogP contribution in [0.5, 0.6) is 0 Å². The molecule has 1 aromatic carbocycles. The number of carbonyl (C=O) groups excluding carboxylic acids is 2. The number of esters is 1. The Morgan fingerprint density at radius 2 is 2.07 bits per heavy atom. The molecule has 1 saturated heterocycles. The number of benzene rings is 1. The third-order valence-electron chi connectivity index (χ3n) is 5.35. The van der Waals surface area contributed by atoms with Gasteiger partial charge in [0.2, 0.25) is 0 Å². The Bertz CT molecular complexity index is 966. The maximum atomic E-state index is 12.6. The average molecular weight is 421 g/mol. The Labute approximate surface area is 171 Å². The summed E-state index contributed by atoms with van der Waals surface area (Å²) in [6.45, 7) is 2.16. The van der Waals surface area contributed by atoms with Gasteiger partial charge >= 0.3 is 5.97 Å². The first kappa shape index (κ1) is 21.4. The van der Waals surface area contributed by atoms with E-state index in [0.717, 1.165) is 29.3 Å². The first-order chi connectivity index (χ1) is 13.9. The van der Waals surface area contributed by atoms with Crippen LogP contribution >= 0.6 is 0 Å². The Kier molecular flexibility index (Phi) is 6.95. The molecule has 0 bridgehead atoms. The molecular formula is C21H28N2O5S. The van der Waals surface area contributed by atoms with Gasteiger partial charge in [0.15, 0.2) is 16.4 Å². The molecule has 2 heterocycles. The van der Waals surface area contributed by atoms with Crippen LogP contribution in [0.3, 0.4) is 0 Å². The van der Waals surface area contributed by atoms with Crippen molar-refractivity contribution in [3.63, 3.8) is 0 Å². The molecule has 1 aliphatic heterocycles. The number of rotatable bonds is 9. The number of unbranched alkanes of at least 4 members (excludes halogenated alkanes) is 1. The van der Waals surface area contributed by atoms with E-state index in [2.05, 4.69) is 4.98 Å². The molecule has 1 aromatic heterocycles. The quantitative estimate of drug-likeness (QED) is 0.629. The van der Waals surface area contributed by atoms with Gasteiger partial charge in [-0.2, -0.15) is 0 Å². The number of aromatic amines is 1. The van der Waals surface area contributed by atoms with Crippen molar-refractivity contribution in [3.05, 3.63) is 36.0 Å². The van der Waals surface area contributed by atoms with Crippen LogP contribution in [0.1, 0.15) is 38.2 Å². The lowest BCUT2D eigenvalue weighted by atomic mass is 10.1. The van der Waals surface area contributed by atoms with Gasteiger partial charge < -0.3 is 14.6 Å². The summed E-state index contributed by atoms with van der Waals surface area (Å²) in [6, 6.07) is 7.55. The van der Waals surface area contributed by atoms with Gasteiger partial charge in [-0.15, -0.1) is 0 Å². The van der Waals surface area contributed by atoms with E-state index in [4.69, 9.17) is 4.74 Å². The highest BCUT2D eigenvalue weighted by Crippen LogP contribution is 2.20. The molecule has 1 atom stereocenters. The summed E-state index contributed by atoms with van der Waals surface area (Å²) in [4.78, 5) is 29.5. The Hall–Kier alpha value is -2.35. The second-order valence-corrected chi connectivity index (χ2v) is 9.75. The molecule has 1 fully saturated rings. The maximum absolute atomic E-state index is 12.6. The molecule has 3 rings (SSSR count). The minimum absolute atomic E-state index is 0.00301. The number of sulfone groups is 1. The topological polar surface area (TPSA) is 96.5 Å². The molecule has 158 valence electrons. The van der Waals surface area contributed by atoms with Crippen LogP contribution < -0.4 is 0 Å². The third kappa shape index (κ3) is 5.59. The van der Waals surface area contributed by atoms with Crippen LogP contribution in [0.4, 0.5) is 0 Å². The second kappa shape index (κ2) is 9.43. The molecule has 1 N–H and O–H groups in total. The normalized spacial score (nSPS) is 18.0. The van der Waals surface area contributed by atoms with E-state index in [1.54, 1.807) is 4.90 Å². The molecule has 29 heavy (non-hydrogen) atoms. The molecule has 2 aromatic rings. The summed E-state index contributed by atoms with van der Waals surface area (Å²) in [6.07, 6.45) is 4.73. The number of carbonyl (C=O) groups is 2. The number of aryl methyl sites for hydroxylation is 1. The summed E-state index contributed by atoms with van der Waals surface area (Å²) in [7, 11) is -3.09. The second-order valence-electron chi connectivity index (χ2n) is 7.52. The van der Waals surface area contributed by atoms with Gasteiger partial charge in [-0.05, 0) is 30.9 Å². The van der Waals surface area contributed by atoms with Crippen LogP contribution in [0.2, 0.25) is 0 Å². The Morgan fingerprint density at radius 3 is 2.79 bits per heavy atom. The van der Waals surface area contributed by atoms with Gasteiger partial charge in [0, 0.05) is 36.1 Å². The van der Waals surface area contributed by atoms with E-state index in [1.165, 1.54) is 0 Å². The minimum Gasteiger partial charge on any atom is -0.456 e. The molecule has 1 aliphatic rings. The minimum atomic E-state index is -3.09. The predicted molar refractivity (Wildman–Crippen MR) is 111 cm³/mol. The number of para-hydroxylation sites is 1. The smallest absolute Gasteiger partial charge is 0.306 e. The van der Waals surface area contributed by atoms with Gasteiger partial charge in [0.1, 0.15) is 0 Å². The van der Waals surface area contributed by atoms with Gasteiger partial charge in [-0.1, -0.05) is 31.5 Å². The van der Waals surface area contributed by atoms with Gasteiger partial charge in [-0.3, -0.25) is 9.59 Å². The van der Waals surface area contributed by atoms with Gasteiger partial charge in [-0.25, -0.2) is 8.42 Å². The van der Waals surface area contributed by atoms with Gasteiger partial charge in [0.05, 0.1) is 11.5 Å². The zero-order valence-electron chi connectivity index (χ0n) is 16.7. The molecule has 0 spiro atoms. The monoisotopic (exact) mass is 420 g/mol. The number of hydrogen-bond acceptors (Lipinski definition) is 5. The molecule has 0 unspecified atom stereocenters. The Morgan fingerprint density at radius 1 is 1.28 bits per heavy atom. The third-order valence-corrected chi connectivity index (χ3v) is 7.10. The number of nitrogens with one attached hydrogen (secondary N) is 1. The fourth-order valence-electron chi connectivity index (χ4n) is 3.73. The zero-order valence-corrected chi connectivity index (χ0v) is 17.5. The lowest BCUT2D eigenvalue weighted by Crippen LogP contribution is -2.43. The Balaban J connectivity index is 1.51. The predicted octanol–water partition coefficient (Wildman–Crippen LogP) is 2.46. The summed E-state index contributed by atoms with van der Waals surface area (Å²) in [5.41, 5.74) is 2.05. The molecule has 0 radical (unpaired) electrons. The molecule has 0 saturated carbocycles. The van der Waals surface area contributed by atoms with Crippen molar-refractivity contribution in [2.24, 2.45) is 0 Å². The van der Waals surface area contributed by atoms with Gasteiger partial charge in [0.25, 0.3) is 5.91 Å². The highest BCUT2D eigenvalue weighted by Gasteiger charge is 2.34. The fraction of sp³-hybridized carbons (Fsp3) is 0.524. The van der Waals surface area contributed by atoms with Crippen LogP contribution in [-0.2, 0) is 30.6 Å². The molecule has 1 amide bonds. The lowest BCUT2D eigenvalue weighted by Gasteiger charge is -2.28. The number of ether oxygens (including phenoxy) is 1. The van der Waals surface area contributed by atoms with E-state index in [0.29, 0.717) is 19.4 Å². The molecular weight excluding hydrogens is 392 g/mol. The van der Waals surface area contributed by atoms with E-state index in [-0.39, 0.29) is 36.5 Å². The van der Waals surface area contributed by atoms with E-state index in [9.17, 15) is 18.0 Å². The lowest BCUT2D eigenvalue weighted by molar-refractivity contribution is -0.152. The molecule has 0 aliphatic carbocycles. The number of aromatic nitrogens is 1. The summed E-state index contributed by atoms with van der Waals surface area (Å²) < 4.78 is 28.7. The SMILES string of the molecule is CCCCN(C(=O)COC(=O)CCc1c[nH]c2ccccc12)[C@@H]1CCS(=O)(=O)C1. The van der Waals surface area contributed by atoms with Crippen LogP contribution in [0, 0.1) is 0 Å². The number of nitrogens with zero attached hydrogens (tertiary/aromatic N) is 1. The zero-order chi connectivity index (χ0) is 20.9. The standard InChI is InChI=1S/C21H28N2O5S/c1-2-3-11-23(17-10-12-29(26,27)15-17)20(24)14-28-21(25)9-8-16-13-22-19-7-5-4-6-18(16)19/h4-7,13,17,22H,2-3,8-12,14-15H2,1H3/t17-/m1/s1. The summed E-state index contributed by atoms with van der Waals surface area (Å²) >= 11 is 0. The first-order valence-electron chi connectivity index (χ1n) is 10.1. The number of fused-ring (bicyclic) bond motifs is 1. The summed E-state index contributed by atoms with van der Waals surface area (Å²) in [5, 5.41) is 1.07. The summed E-state index contributed by atoms with van der Waals surface area (Å²) in [5.74, 6) is -0.645. The molecule has 8 heteroatoms. The first-order valence-corrected chi connectivity index (χ1v) is 11.9. The van der Waals surface area contributed by atoms with Crippen molar-refractivity contribution in [2.75, 3.05) is 24.7 Å². The number of H-pyrrole nitrogens is 1. The van der Waals surface area contributed by atoms with Crippen molar-refractivity contribution in [3.8, 4) is 0 Å². The highest BCUT2D eigenvalue weighted by atomic mass is 32.2. The van der Waals surface area contributed by atoms with E-state index >= 15 is 0 Å². The van der Waals surface area contributed by atoms with E-state index < -0.39 is 15.8 Å². The number of hydrogen-bond donors (Lipinski definition) is 1.